The highest BCUT2D eigenvalue weighted by Gasteiger charge is 2.35. The summed E-state index contributed by atoms with van der Waals surface area (Å²) in [6.07, 6.45) is 0. The van der Waals surface area contributed by atoms with Crippen LogP contribution in [-0.4, -0.2) is 8.42 Å². The summed E-state index contributed by atoms with van der Waals surface area (Å²) in [7, 11) is -3.13. The van der Waals surface area contributed by atoms with E-state index in [1.807, 2.05) is 27.7 Å². The zero-order valence-electron chi connectivity index (χ0n) is 9.72. The Bertz CT molecular complexity index is 428. The molecule has 0 saturated carbocycles. The minimum absolute atomic E-state index is 0.0982. The lowest BCUT2D eigenvalue weighted by Gasteiger charge is -2.22. The fraction of sp³-hybridized carbons (Fsp3) is 0.636. The first-order valence-electron chi connectivity index (χ1n) is 4.74. The van der Waals surface area contributed by atoms with Crippen LogP contribution < -0.4 is 0 Å². The minimum Gasteiger partial charge on any atom is -0.219 e. The van der Waals surface area contributed by atoms with E-state index in [4.69, 9.17) is 0 Å². The van der Waals surface area contributed by atoms with Crippen LogP contribution in [0.25, 0.3) is 0 Å². The van der Waals surface area contributed by atoms with Crippen LogP contribution in [-0.2, 0) is 9.84 Å². The van der Waals surface area contributed by atoms with Crippen LogP contribution in [0.3, 0.4) is 0 Å². The molecule has 80 valence electrons. The molecule has 0 aliphatic carbocycles. The van der Waals surface area contributed by atoms with Crippen molar-refractivity contribution in [2.75, 3.05) is 0 Å². The van der Waals surface area contributed by atoms with Crippen LogP contribution in [0, 0.1) is 5.41 Å². The average molecular weight is 214 g/mol. The Kier molecular flexibility index (Phi) is 2.43. The van der Waals surface area contributed by atoms with Crippen LogP contribution in [0.1, 0.15) is 41.5 Å². The van der Waals surface area contributed by atoms with Gasteiger partial charge in [0.15, 0.2) is 9.84 Å². The molecule has 3 heteroatoms. The molecule has 2 nitrogen and oxygen atoms in total. The monoisotopic (exact) mass is 214 g/mol. The normalized spacial score (nSPS) is 22.1. The first-order valence-corrected chi connectivity index (χ1v) is 6.22. The summed E-state index contributed by atoms with van der Waals surface area (Å²) in [4.78, 5) is 1.04. The summed E-state index contributed by atoms with van der Waals surface area (Å²) in [5.41, 5.74) is 1.81. The Morgan fingerprint density at radius 3 is 1.50 bits per heavy atom. The molecular formula is C11H18O2S. The predicted molar refractivity (Wildman–Crippen MR) is 59.4 cm³/mol. The summed E-state index contributed by atoms with van der Waals surface area (Å²) >= 11 is 0. The highest BCUT2D eigenvalue weighted by Crippen LogP contribution is 2.43. The van der Waals surface area contributed by atoms with E-state index in [1.165, 1.54) is 0 Å². The zero-order chi connectivity index (χ0) is 11.3. The third-order valence-electron chi connectivity index (χ3n) is 2.81. The molecule has 1 rings (SSSR count). The minimum atomic E-state index is -3.13. The van der Waals surface area contributed by atoms with Crippen molar-refractivity contribution >= 4 is 9.84 Å². The van der Waals surface area contributed by atoms with Crippen molar-refractivity contribution in [1.29, 1.82) is 0 Å². The van der Waals surface area contributed by atoms with Crippen LogP contribution in [0.15, 0.2) is 21.0 Å². The summed E-state index contributed by atoms with van der Waals surface area (Å²) < 4.78 is 23.7. The summed E-state index contributed by atoms with van der Waals surface area (Å²) in [6.45, 7) is 11.4. The lowest BCUT2D eigenvalue weighted by atomic mass is 9.82. The second-order valence-corrected chi connectivity index (χ2v) is 7.10. The molecule has 0 saturated heterocycles. The highest BCUT2D eigenvalue weighted by atomic mass is 32.2. The molecule has 0 aromatic rings. The molecule has 0 N–H and O–H groups in total. The zero-order valence-corrected chi connectivity index (χ0v) is 10.5. The van der Waals surface area contributed by atoms with Crippen molar-refractivity contribution in [3.8, 4) is 0 Å². The van der Waals surface area contributed by atoms with E-state index in [1.54, 1.807) is 13.8 Å². The number of hydrogen-bond acceptors (Lipinski definition) is 2. The first kappa shape index (κ1) is 11.5. The molecule has 0 spiro atoms. The Hall–Kier alpha value is -0.570. The molecule has 1 heterocycles. The fourth-order valence-corrected chi connectivity index (χ4v) is 3.79. The van der Waals surface area contributed by atoms with Gasteiger partial charge in [-0.3, -0.25) is 0 Å². The van der Waals surface area contributed by atoms with Gasteiger partial charge >= 0.3 is 0 Å². The molecule has 0 aromatic heterocycles. The van der Waals surface area contributed by atoms with Gasteiger partial charge in [0.1, 0.15) is 0 Å². The summed E-state index contributed by atoms with van der Waals surface area (Å²) in [5, 5.41) is 0. The van der Waals surface area contributed by atoms with E-state index in [0.717, 1.165) is 11.1 Å². The molecule has 14 heavy (non-hydrogen) atoms. The maximum absolute atomic E-state index is 11.8. The van der Waals surface area contributed by atoms with E-state index >= 15 is 0 Å². The number of rotatable bonds is 0. The summed E-state index contributed by atoms with van der Waals surface area (Å²) in [5.74, 6) is 0. The van der Waals surface area contributed by atoms with Gasteiger partial charge in [-0.15, -0.1) is 0 Å². The molecule has 0 unspecified atom stereocenters. The lowest BCUT2D eigenvalue weighted by molar-refractivity contribution is 0.508. The topological polar surface area (TPSA) is 34.1 Å². The molecule has 0 amide bonds. The Morgan fingerprint density at radius 2 is 1.36 bits per heavy atom. The van der Waals surface area contributed by atoms with Crippen molar-refractivity contribution in [2.24, 2.45) is 5.41 Å². The molecule has 0 fully saturated rings. The second kappa shape index (κ2) is 2.96. The third kappa shape index (κ3) is 1.44. The van der Waals surface area contributed by atoms with Gasteiger partial charge in [0, 0.05) is 9.81 Å². The maximum Gasteiger partial charge on any atom is 0.198 e. The molecule has 0 atom stereocenters. The number of hydrogen-bond donors (Lipinski definition) is 0. The smallest absolute Gasteiger partial charge is 0.198 e. The van der Waals surface area contributed by atoms with Gasteiger partial charge in [0.25, 0.3) is 0 Å². The predicted octanol–water partition coefficient (Wildman–Crippen LogP) is 3.03. The molecule has 0 radical (unpaired) electrons. The van der Waals surface area contributed by atoms with Crippen molar-refractivity contribution in [2.45, 2.75) is 41.5 Å². The maximum atomic E-state index is 11.8. The van der Waals surface area contributed by atoms with E-state index in [0.29, 0.717) is 9.81 Å². The largest absolute Gasteiger partial charge is 0.219 e. The van der Waals surface area contributed by atoms with Gasteiger partial charge in [-0.05, 0) is 37.3 Å². The fourth-order valence-electron chi connectivity index (χ4n) is 2.10. The molecule has 1 aliphatic heterocycles. The molecule has 0 bridgehead atoms. The Morgan fingerprint density at radius 1 is 0.929 bits per heavy atom. The Labute approximate surface area is 86.6 Å². The van der Waals surface area contributed by atoms with Gasteiger partial charge in [-0.1, -0.05) is 20.8 Å². The van der Waals surface area contributed by atoms with Crippen molar-refractivity contribution in [3.05, 3.63) is 21.0 Å². The van der Waals surface area contributed by atoms with Crippen molar-refractivity contribution < 1.29 is 8.42 Å². The quantitative estimate of drug-likeness (QED) is 0.621. The van der Waals surface area contributed by atoms with Gasteiger partial charge in [0.05, 0.1) is 0 Å². The van der Waals surface area contributed by atoms with E-state index in [-0.39, 0.29) is 5.41 Å². The molecule has 1 aliphatic rings. The number of allylic oxidation sites excluding steroid dienone is 4. The standard InChI is InChI=1S/C11H18O2S/c1-7-8(2)14(12,13)9(3)10(7)11(4,5)6/h1-6H3. The molecule has 0 aromatic carbocycles. The van der Waals surface area contributed by atoms with Crippen molar-refractivity contribution in [3.63, 3.8) is 0 Å². The highest BCUT2D eigenvalue weighted by molar-refractivity contribution is 7.99. The van der Waals surface area contributed by atoms with Gasteiger partial charge in [-0.2, -0.15) is 0 Å². The number of sulfone groups is 1. The molecular weight excluding hydrogens is 196 g/mol. The van der Waals surface area contributed by atoms with Gasteiger partial charge < -0.3 is 0 Å². The van der Waals surface area contributed by atoms with E-state index in [9.17, 15) is 8.42 Å². The van der Waals surface area contributed by atoms with E-state index in [2.05, 4.69) is 0 Å². The van der Waals surface area contributed by atoms with E-state index < -0.39 is 9.84 Å². The third-order valence-corrected chi connectivity index (χ3v) is 4.93. The Balaban J connectivity index is 3.56. The van der Waals surface area contributed by atoms with Gasteiger partial charge in [0.2, 0.25) is 0 Å². The lowest BCUT2D eigenvalue weighted by Crippen LogP contribution is -2.11. The average Bonchev–Trinajstić information content (AvgIpc) is 2.12. The van der Waals surface area contributed by atoms with Crippen LogP contribution in [0.5, 0.6) is 0 Å². The first-order chi connectivity index (χ1) is 6.10. The van der Waals surface area contributed by atoms with Crippen LogP contribution in [0.4, 0.5) is 0 Å². The van der Waals surface area contributed by atoms with Crippen molar-refractivity contribution in [1.82, 2.24) is 0 Å². The van der Waals surface area contributed by atoms with Crippen LogP contribution in [0.2, 0.25) is 0 Å². The second-order valence-electron chi connectivity index (χ2n) is 4.87. The SMILES string of the molecule is CC1=C(C)S(=O)(=O)C(C)=C1C(C)(C)C. The summed E-state index contributed by atoms with van der Waals surface area (Å²) in [6, 6.07) is 0. The van der Waals surface area contributed by atoms with Crippen LogP contribution >= 0.6 is 0 Å². The van der Waals surface area contributed by atoms with Gasteiger partial charge in [-0.25, -0.2) is 8.42 Å².